The summed E-state index contributed by atoms with van der Waals surface area (Å²) in [4.78, 5) is 0. The number of nitrogens with one attached hydrogen (secondary N) is 1. The Morgan fingerprint density at radius 2 is 1.61 bits per heavy atom. The van der Waals surface area contributed by atoms with Crippen molar-refractivity contribution in [1.82, 2.24) is 5.32 Å². The molecule has 23 heavy (non-hydrogen) atoms. The van der Waals surface area contributed by atoms with Crippen LogP contribution in [0.1, 0.15) is 42.6 Å². The van der Waals surface area contributed by atoms with Crippen LogP contribution in [0.5, 0.6) is 5.75 Å². The number of phenolic OH excluding ortho intramolecular Hbond substituents is 1. The lowest BCUT2D eigenvalue weighted by molar-refractivity contribution is 0.468. The summed E-state index contributed by atoms with van der Waals surface area (Å²) in [5.74, 6) is 0.350. The van der Waals surface area contributed by atoms with Crippen molar-refractivity contribution in [2.75, 3.05) is 0 Å². The lowest BCUT2D eigenvalue weighted by Crippen LogP contribution is -2.22. The minimum atomic E-state index is 0.211. The normalized spacial score (nSPS) is 13.9. The van der Waals surface area contributed by atoms with Crippen molar-refractivity contribution in [3.8, 4) is 5.75 Å². The van der Waals surface area contributed by atoms with Crippen LogP contribution in [0.3, 0.4) is 0 Å². The first kappa shape index (κ1) is 15.6. The van der Waals surface area contributed by atoms with Gasteiger partial charge in [0.05, 0.1) is 0 Å². The van der Waals surface area contributed by atoms with E-state index in [0.717, 1.165) is 5.56 Å². The molecule has 0 radical (unpaired) electrons. The summed E-state index contributed by atoms with van der Waals surface area (Å²) in [6, 6.07) is 21.2. The summed E-state index contributed by atoms with van der Waals surface area (Å²) in [6.45, 7) is 6.29. The van der Waals surface area contributed by atoms with Crippen molar-refractivity contribution >= 4 is 10.8 Å². The zero-order valence-corrected chi connectivity index (χ0v) is 13.9. The maximum atomic E-state index is 9.68. The fourth-order valence-electron chi connectivity index (χ4n) is 3.14. The van der Waals surface area contributed by atoms with Gasteiger partial charge >= 0.3 is 0 Å². The average molecular weight is 305 g/mol. The van der Waals surface area contributed by atoms with Crippen LogP contribution in [0.4, 0.5) is 0 Å². The molecule has 118 valence electrons. The summed E-state index contributed by atoms with van der Waals surface area (Å²) < 4.78 is 0. The molecule has 2 atom stereocenters. The average Bonchev–Trinajstić information content (AvgIpc) is 2.56. The highest BCUT2D eigenvalue weighted by molar-refractivity contribution is 5.86. The van der Waals surface area contributed by atoms with Crippen LogP contribution in [-0.2, 0) is 0 Å². The Kier molecular flexibility index (Phi) is 4.35. The van der Waals surface area contributed by atoms with Crippen LogP contribution in [0.25, 0.3) is 10.8 Å². The summed E-state index contributed by atoms with van der Waals surface area (Å²) >= 11 is 0. The van der Waals surface area contributed by atoms with Gasteiger partial charge in [0, 0.05) is 12.1 Å². The first-order valence-electron chi connectivity index (χ1n) is 8.09. The van der Waals surface area contributed by atoms with Gasteiger partial charge in [0.25, 0.3) is 0 Å². The Labute approximate surface area is 137 Å². The second-order valence-electron chi connectivity index (χ2n) is 6.22. The molecular formula is C21H23NO. The van der Waals surface area contributed by atoms with E-state index in [9.17, 15) is 5.11 Å². The van der Waals surface area contributed by atoms with E-state index in [4.69, 9.17) is 0 Å². The molecular weight excluding hydrogens is 282 g/mol. The van der Waals surface area contributed by atoms with E-state index in [1.807, 2.05) is 19.1 Å². The SMILES string of the molecule is Cc1cc([C@@H](C)N[C@H](C)c2cccc3ccccc23)ccc1O. The predicted molar refractivity (Wildman–Crippen MR) is 96.8 cm³/mol. The van der Waals surface area contributed by atoms with E-state index in [1.165, 1.54) is 21.9 Å². The number of aromatic hydroxyl groups is 1. The molecule has 0 saturated carbocycles. The standard InChI is InChI=1S/C21H23NO/c1-14-13-18(11-12-21(14)23)15(2)22-16(3)19-10-6-8-17-7-4-5-9-20(17)19/h4-13,15-16,22-23H,1-3H3/t15-,16-/m1/s1. The molecule has 0 spiro atoms. The van der Waals surface area contributed by atoms with Crippen molar-refractivity contribution in [2.45, 2.75) is 32.9 Å². The van der Waals surface area contributed by atoms with E-state index in [-0.39, 0.29) is 12.1 Å². The van der Waals surface area contributed by atoms with Crippen LogP contribution in [0.2, 0.25) is 0 Å². The van der Waals surface area contributed by atoms with Crippen molar-refractivity contribution in [3.05, 3.63) is 77.4 Å². The monoisotopic (exact) mass is 305 g/mol. The van der Waals surface area contributed by atoms with Crippen molar-refractivity contribution in [2.24, 2.45) is 0 Å². The van der Waals surface area contributed by atoms with Crippen LogP contribution >= 0.6 is 0 Å². The number of hydrogen-bond donors (Lipinski definition) is 2. The minimum absolute atomic E-state index is 0.211. The highest BCUT2D eigenvalue weighted by Gasteiger charge is 2.14. The van der Waals surface area contributed by atoms with Crippen LogP contribution in [0, 0.1) is 6.92 Å². The van der Waals surface area contributed by atoms with Gasteiger partial charge in [0.1, 0.15) is 5.75 Å². The third-order valence-electron chi connectivity index (χ3n) is 4.51. The van der Waals surface area contributed by atoms with Gasteiger partial charge in [0.2, 0.25) is 0 Å². The van der Waals surface area contributed by atoms with E-state index in [0.29, 0.717) is 5.75 Å². The topological polar surface area (TPSA) is 32.3 Å². The zero-order valence-electron chi connectivity index (χ0n) is 13.9. The number of hydrogen-bond acceptors (Lipinski definition) is 2. The molecule has 0 saturated heterocycles. The summed E-state index contributed by atoms with van der Waals surface area (Å²) in [6.07, 6.45) is 0. The van der Waals surface area contributed by atoms with Crippen molar-refractivity contribution < 1.29 is 5.11 Å². The minimum Gasteiger partial charge on any atom is -0.508 e. The molecule has 3 rings (SSSR count). The molecule has 2 heteroatoms. The first-order chi connectivity index (χ1) is 11.1. The lowest BCUT2D eigenvalue weighted by atomic mass is 9.98. The molecule has 0 aliphatic heterocycles. The number of rotatable bonds is 4. The van der Waals surface area contributed by atoms with Gasteiger partial charge in [-0.3, -0.25) is 0 Å². The highest BCUT2D eigenvalue weighted by Crippen LogP contribution is 2.27. The second-order valence-corrected chi connectivity index (χ2v) is 6.22. The number of phenols is 1. The quantitative estimate of drug-likeness (QED) is 0.688. The summed E-state index contributed by atoms with van der Waals surface area (Å²) in [5, 5.41) is 15.9. The Balaban J connectivity index is 1.85. The third kappa shape index (κ3) is 3.22. The van der Waals surface area contributed by atoms with Crippen LogP contribution in [0.15, 0.2) is 60.7 Å². The molecule has 0 aliphatic rings. The van der Waals surface area contributed by atoms with Gasteiger partial charge in [-0.2, -0.15) is 0 Å². The molecule has 2 nitrogen and oxygen atoms in total. The Morgan fingerprint density at radius 3 is 2.39 bits per heavy atom. The van der Waals surface area contributed by atoms with E-state index < -0.39 is 0 Å². The molecule has 0 unspecified atom stereocenters. The highest BCUT2D eigenvalue weighted by atomic mass is 16.3. The number of benzene rings is 3. The van der Waals surface area contributed by atoms with Gasteiger partial charge in [-0.1, -0.05) is 54.6 Å². The van der Waals surface area contributed by atoms with Crippen LogP contribution in [-0.4, -0.2) is 5.11 Å². The molecule has 0 heterocycles. The first-order valence-corrected chi connectivity index (χ1v) is 8.09. The third-order valence-corrected chi connectivity index (χ3v) is 4.51. The maximum absolute atomic E-state index is 9.68. The zero-order chi connectivity index (χ0) is 16.4. The van der Waals surface area contributed by atoms with Crippen molar-refractivity contribution in [1.29, 1.82) is 0 Å². The molecule has 0 bridgehead atoms. The second kappa shape index (κ2) is 6.43. The fourth-order valence-corrected chi connectivity index (χ4v) is 3.14. The van der Waals surface area contributed by atoms with E-state index in [2.05, 4.69) is 61.6 Å². The smallest absolute Gasteiger partial charge is 0.118 e. The van der Waals surface area contributed by atoms with E-state index >= 15 is 0 Å². The summed E-state index contributed by atoms with van der Waals surface area (Å²) in [5.41, 5.74) is 3.41. The Morgan fingerprint density at radius 1 is 0.870 bits per heavy atom. The molecule has 0 fully saturated rings. The van der Waals surface area contributed by atoms with Crippen LogP contribution < -0.4 is 5.32 Å². The molecule has 3 aromatic carbocycles. The summed E-state index contributed by atoms with van der Waals surface area (Å²) in [7, 11) is 0. The number of fused-ring (bicyclic) bond motifs is 1. The number of aryl methyl sites for hydroxylation is 1. The maximum Gasteiger partial charge on any atom is 0.118 e. The Bertz CT molecular complexity index is 820. The molecule has 0 amide bonds. The largest absolute Gasteiger partial charge is 0.508 e. The molecule has 3 aromatic rings. The Hall–Kier alpha value is -2.32. The van der Waals surface area contributed by atoms with Gasteiger partial charge in [0.15, 0.2) is 0 Å². The van der Waals surface area contributed by atoms with Crippen molar-refractivity contribution in [3.63, 3.8) is 0 Å². The lowest BCUT2D eigenvalue weighted by Gasteiger charge is -2.22. The molecule has 2 N–H and O–H groups in total. The van der Waals surface area contributed by atoms with E-state index in [1.54, 1.807) is 6.07 Å². The molecule has 0 aliphatic carbocycles. The predicted octanol–water partition coefficient (Wildman–Crippen LogP) is 5.27. The van der Waals surface area contributed by atoms with Gasteiger partial charge in [-0.15, -0.1) is 0 Å². The molecule has 0 aromatic heterocycles. The fraction of sp³-hybridized carbons (Fsp3) is 0.238. The van der Waals surface area contributed by atoms with Gasteiger partial charge in [-0.25, -0.2) is 0 Å². The van der Waals surface area contributed by atoms with Gasteiger partial charge in [-0.05, 0) is 54.3 Å². The van der Waals surface area contributed by atoms with Gasteiger partial charge < -0.3 is 10.4 Å².